The van der Waals surface area contributed by atoms with Crippen molar-refractivity contribution in [2.75, 3.05) is 0 Å². The van der Waals surface area contributed by atoms with Gasteiger partial charge < -0.3 is 5.11 Å². The second kappa shape index (κ2) is 6.62. The highest BCUT2D eigenvalue weighted by Crippen LogP contribution is 2.35. The molecule has 1 atom stereocenters. The minimum atomic E-state index is -1.04. The number of thiocarbonyl (C=S) groups is 1. The summed E-state index contributed by atoms with van der Waals surface area (Å²) in [4.78, 5) is 25.7. The number of aryl methyl sites for hydroxylation is 1. The number of carboxylic acid groups (broad SMARTS) is 1. The van der Waals surface area contributed by atoms with Crippen molar-refractivity contribution in [2.24, 2.45) is 5.92 Å². The first kappa shape index (κ1) is 16.7. The van der Waals surface area contributed by atoms with E-state index in [4.69, 9.17) is 12.2 Å². The summed E-state index contributed by atoms with van der Waals surface area (Å²) in [6.45, 7) is 5.49. The van der Waals surface area contributed by atoms with Gasteiger partial charge in [0.25, 0.3) is 5.91 Å². The molecule has 4 nitrogen and oxygen atoms in total. The molecule has 0 radical (unpaired) electrons. The van der Waals surface area contributed by atoms with Gasteiger partial charge >= 0.3 is 5.97 Å². The Morgan fingerprint density at radius 1 is 1.36 bits per heavy atom. The van der Waals surface area contributed by atoms with E-state index < -0.39 is 12.0 Å². The lowest BCUT2D eigenvalue weighted by Gasteiger charge is -2.26. The van der Waals surface area contributed by atoms with Crippen molar-refractivity contribution in [1.82, 2.24) is 4.90 Å². The Morgan fingerprint density at radius 3 is 2.55 bits per heavy atom. The summed E-state index contributed by atoms with van der Waals surface area (Å²) in [6, 6.07) is 6.76. The molecule has 1 aliphatic rings. The number of nitrogens with zero attached hydrogens (tertiary/aromatic N) is 1. The molecule has 1 aromatic carbocycles. The number of benzene rings is 1. The fraction of sp³-hybridized carbons (Fsp3) is 0.312. The van der Waals surface area contributed by atoms with Crippen LogP contribution in [-0.4, -0.2) is 32.2 Å². The number of carbonyl (C=O) groups is 2. The molecular formula is C16H17NO3S2. The van der Waals surface area contributed by atoms with Gasteiger partial charge in [0.2, 0.25) is 0 Å². The van der Waals surface area contributed by atoms with Crippen LogP contribution in [0.25, 0.3) is 6.08 Å². The van der Waals surface area contributed by atoms with Crippen molar-refractivity contribution in [3.8, 4) is 0 Å². The van der Waals surface area contributed by atoms with Crippen LogP contribution in [0.5, 0.6) is 0 Å². The van der Waals surface area contributed by atoms with E-state index in [9.17, 15) is 14.7 Å². The number of amides is 1. The standard InChI is InChI=1S/C16H17NO3S2/c1-9(2)13(15(19)20)17-14(18)12(22-16(17)21)8-11-7-5-4-6-10(11)3/h4-9,13H,1-3H3,(H,19,20). The van der Waals surface area contributed by atoms with E-state index in [2.05, 4.69) is 0 Å². The van der Waals surface area contributed by atoms with Crippen LogP contribution in [0.4, 0.5) is 0 Å². The predicted octanol–water partition coefficient (Wildman–Crippen LogP) is 3.31. The first-order chi connectivity index (χ1) is 10.3. The average molecular weight is 335 g/mol. The zero-order chi connectivity index (χ0) is 16.4. The minimum Gasteiger partial charge on any atom is -0.480 e. The van der Waals surface area contributed by atoms with Crippen LogP contribution < -0.4 is 0 Å². The molecule has 0 saturated carbocycles. The minimum absolute atomic E-state index is 0.224. The highest BCUT2D eigenvalue weighted by molar-refractivity contribution is 8.26. The van der Waals surface area contributed by atoms with Crippen LogP contribution in [0.1, 0.15) is 25.0 Å². The third-order valence-corrected chi connectivity index (χ3v) is 4.79. The maximum absolute atomic E-state index is 12.6. The van der Waals surface area contributed by atoms with Crippen LogP contribution in [0.15, 0.2) is 29.2 Å². The van der Waals surface area contributed by atoms with Gasteiger partial charge in [0.05, 0.1) is 4.91 Å². The number of carbonyl (C=O) groups excluding carboxylic acids is 1. The van der Waals surface area contributed by atoms with Gasteiger partial charge in [-0.3, -0.25) is 9.69 Å². The number of hydrogen-bond donors (Lipinski definition) is 1. The van der Waals surface area contributed by atoms with E-state index in [1.807, 2.05) is 31.2 Å². The molecule has 0 aromatic heterocycles. The smallest absolute Gasteiger partial charge is 0.327 e. The molecule has 1 heterocycles. The van der Waals surface area contributed by atoms with E-state index in [0.717, 1.165) is 22.9 Å². The zero-order valence-corrected chi connectivity index (χ0v) is 14.2. The van der Waals surface area contributed by atoms with Gasteiger partial charge in [0.15, 0.2) is 0 Å². The number of rotatable bonds is 4. The van der Waals surface area contributed by atoms with E-state index in [1.165, 1.54) is 4.90 Å². The Morgan fingerprint density at radius 2 is 2.00 bits per heavy atom. The topological polar surface area (TPSA) is 57.6 Å². The van der Waals surface area contributed by atoms with Crippen molar-refractivity contribution in [2.45, 2.75) is 26.8 Å². The molecule has 1 unspecified atom stereocenters. The van der Waals surface area contributed by atoms with Gasteiger partial charge in [0, 0.05) is 0 Å². The Labute approximate surface area is 139 Å². The highest BCUT2D eigenvalue weighted by Gasteiger charge is 2.41. The lowest BCUT2D eigenvalue weighted by molar-refractivity contribution is -0.146. The van der Waals surface area contributed by atoms with Crippen LogP contribution >= 0.6 is 24.0 Å². The summed E-state index contributed by atoms with van der Waals surface area (Å²) < 4.78 is 0.297. The number of carboxylic acids is 1. The summed E-state index contributed by atoms with van der Waals surface area (Å²) >= 11 is 6.38. The van der Waals surface area contributed by atoms with Crippen molar-refractivity contribution >= 4 is 46.3 Å². The molecule has 22 heavy (non-hydrogen) atoms. The SMILES string of the molecule is Cc1ccccc1C=C1SC(=S)N(C(C(=O)O)C(C)C)C1=O. The van der Waals surface area contributed by atoms with Gasteiger partial charge in [-0.05, 0) is 30.0 Å². The monoisotopic (exact) mass is 335 g/mol. The molecule has 0 spiro atoms. The second-order valence-corrected chi connectivity index (χ2v) is 7.11. The van der Waals surface area contributed by atoms with Crippen molar-refractivity contribution in [1.29, 1.82) is 0 Å². The lowest BCUT2D eigenvalue weighted by atomic mass is 10.0. The quantitative estimate of drug-likeness (QED) is 0.676. The summed E-state index contributed by atoms with van der Waals surface area (Å²) in [5.41, 5.74) is 1.98. The van der Waals surface area contributed by atoms with Gasteiger partial charge in [-0.2, -0.15) is 0 Å². The molecule has 0 aliphatic carbocycles. The fourth-order valence-corrected chi connectivity index (χ4v) is 3.62. The highest BCUT2D eigenvalue weighted by atomic mass is 32.2. The maximum Gasteiger partial charge on any atom is 0.327 e. The van der Waals surface area contributed by atoms with Crippen LogP contribution in [-0.2, 0) is 9.59 Å². The molecule has 116 valence electrons. The van der Waals surface area contributed by atoms with Crippen molar-refractivity contribution < 1.29 is 14.7 Å². The van der Waals surface area contributed by atoms with E-state index in [1.54, 1.807) is 19.9 Å². The Hall–Kier alpha value is -1.66. The van der Waals surface area contributed by atoms with E-state index >= 15 is 0 Å². The summed E-state index contributed by atoms with van der Waals surface area (Å²) in [5, 5.41) is 9.38. The fourth-order valence-electron chi connectivity index (χ4n) is 2.30. The third-order valence-electron chi connectivity index (χ3n) is 3.46. The molecule has 1 saturated heterocycles. The van der Waals surface area contributed by atoms with Gasteiger partial charge in [-0.25, -0.2) is 4.79 Å². The van der Waals surface area contributed by atoms with Crippen LogP contribution in [0, 0.1) is 12.8 Å². The Bertz CT molecular complexity index is 667. The zero-order valence-electron chi connectivity index (χ0n) is 12.6. The first-order valence-corrected chi connectivity index (χ1v) is 8.11. The molecule has 1 N–H and O–H groups in total. The predicted molar refractivity (Wildman–Crippen MR) is 92.5 cm³/mol. The average Bonchev–Trinajstić information content (AvgIpc) is 2.69. The van der Waals surface area contributed by atoms with Crippen molar-refractivity contribution in [3.05, 3.63) is 40.3 Å². The number of thioether (sulfide) groups is 1. The van der Waals surface area contributed by atoms with Crippen LogP contribution in [0.2, 0.25) is 0 Å². The van der Waals surface area contributed by atoms with E-state index in [0.29, 0.717) is 9.23 Å². The molecule has 2 rings (SSSR count). The number of hydrogen-bond acceptors (Lipinski definition) is 4. The number of aliphatic carboxylic acids is 1. The Kier molecular flexibility index (Phi) is 5.03. The first-order valence-electron chi connectivity index (χ1n) is 6.88. The van der Waals surface area contributed by atoms with Crippen molar-refractivity contribution in [3.63, 3.8) is 0 Å². The van der Waals surface area contributed by atoms with Gasteiger partial charge in [0.1, 0.15) is 10.4 Å². The Balaban J connectivity index is 2.37. The summed E-state index contributed by atoms with van der Waals surface area (Å²) in [6.07, 6.45) is 1.77. The second-order valence-electron chi connectivity index (χ2n) is 5.44. The molecule has 1 aromatic rings. The maximum atomic E-state index is 12.6. The molecule has 1 fully saturated rings. The normalized spacial score (nSPS) is 18.4. The molecule has 1 aliphatic heterocycles. The summed E-state index contributed by atoms with van der Waals surface area (Å²) in [5.74, 6) is -1.60. The largest absolute Gasteiger partial charge is 0.480 e. The van der Waals surface area contributed by atoms with Crippen LogP contribution in [0.3, 0.4) is 0 Å². The van der Waals surface area contributed by atoms with Gasteiger partial charge in [-0.15, -0.1) is 0 Å². The lowest BCUT2D eigenvalue weighted by Crippen LogP contribution is -2.47. The van der Waals surface area contributed by atoms with Gasteiger partial charge in [-0.1, -0.05) is 62.1 Å². The molecular weight excluding hydrogens is 318 g/mol. The molecule has 0 bridgehead atoms. The van der Waals surface area contributed by atoms with E-state index in [-0.39, 0.29) is 11.8 Å². The molecule has 6 heteroatoms. The summed E-state index contributed by atoms with van der Waals surface area (Å²) in [7, 11) is 0. The molecule has 1 amide bonds. The third kappa shape index (κ3) is 3.23.